The Morgan fingerprint density at radius 3 is 2.38 bits per heavy atom. The third kappa shape index (κ3) is 4.90. The number of hydrogen-bond acceptors (Lipinski definition) is 4. The van der Waals surface area contributed by atoms with Crippen LogP contribution in [0.15, 0.2) is 0 Å². The van der Waals surface area contributed by atoms with Gasteiger partial charge in [-0.1, -0.05) is 6.92 Å². The van der Waals surface area contributed by atoms with Gasteiger partial charge in [-0.2, -0.15) is 12.7 Å². The van der Waals surface area contributed by atoms with Crippen molar-refractivity contribution in [3.8, 4) is 0 Å². The zero-order valence-corrected chi connectivity index (χ0v) is 15.1. The van der Waals surface area contributed by atoms with Gasteiger partial charge in [0.2, 0.25) is 11.8 Å². The van der Waals surface area contributed by atoms with Crippen LogP contribution in [0.1, 0.15) is 39.0 Å². The second-order valence-electron chi connectivity index (χ2n) is 6.63. The third-order valence-corrected chi connectivity index (χ3v) is 5.90. The van der Waals surface area contributed by atoms with Crippen molar-refractivity contribution < 1.29 is 18.0 Å². The fourth-order valence-corrected chi connectivity index (χ4v) is 4.12. The molecule has 0 saturated carbocycles. The number of likely N-dealkylation sites (tertiary alicyclic amines) is 1. The molecule has 0 aliphatic carbocycles. The highest BCUT2D eigenvalue weighted by atomic mass is 32.2. The van der Waals surface area contributed by atoms with Crippen LogP contribution in [0, 0.1) is 11.8 Å². The molecule has 2 saturated heterocycles. The molecule has 0 aromatic rings. The first-order valence-electron chi connectivity index (χ1n) is 8.67. The van der Waals surface area contributed by atoms with Gasteiger partial charge in [0.05, 0.1) is 5.92 Å². The number of carbonyl (C=O) groups excluding carboxylic acids is 2. The number of nitrogens with two attached hydrogens (primary N) is 1. The summed E-state index contributed by atoms with van der Waals surface area (Å²) in [5.41, 5.74) is 0. The molecule has 1 unspecified atom stereocenters. The predicted octanol–water partition coefficient (Wildman–Crippen LogP) is -0.333. The molecule has 138 valence electrons. The van der Waals surface area contributed by atoms with Crippen LogP contribution < -0.4 is 10.5 Å². The second-order valence-corrected chi connectivity index (χ2v) is 8.18. The molecule has 0 radical (unpaired) electrons. The summed E-state index contributed by atoms with van der Waals surface area (Å²) in [4.78, 5) is 26.6. The van der Waals surface area contributed by atoms with Gasteiger partial charge in [0.15, 0.2) is 0 Å². The number of rotatable bonds is 5. The van der Waals surface area contributed by atoms with Gasteiger partial charge in [-0.05, 0) is 32.1 Å². The van der Waals surface area contributed by atoms with Gasteiger partial charge < -0.3 is 10.2 Å². The molecule has 1 atom stereocenters. The Balaban J connectivity index is 1.87. The maximum Gasteiger partial charge on any atom is 0.276 e. The number of nitrogens with zero attached hydrogens (tertiary/aromatic N) is 2. The summed E-state index contributed by atoms with van der Waals surface area (Å²) in [6.45, 7) is 4.36. The molecule has 3 N–H and O–H groups in total. The van der Waals surface area contributed by atoms with Crippen LogP contribution in [-0.4, -0.2) is 62.2 Å². The van der Waals surface area contributed by atoms with E-state index in [9.17, 15) is 18.0 Å². The van der Waals surface area contributed by atoms with E-state index in [1.54, 1.807) is 4.90 Å². The molecular weight excluding hydrogens is 332 g/mol. The van der Waals surface area contributed by atoms with E-state index in [0.29, 0.717) is 32.5 Å². The molecule has 0 bridgehead atoms. The second kappa shape index (κ2) is 8.26. The average Bonchev–Trinajstić information content (AvgIpc) is 2.58. The van der Waals surface area contributed by atoms with Gasteiger partial charge >= 0.3 is 0 Å². The van der Waals surface area contributed by atoms with Crippen molar-refractivity contribution in [1.29, 1.82) is 0 Å². The first-order chi connectivity index (χ1) is 11.3. The zero-order chi connectivity index (χ0) is 17.7. The van der Waals surface area contributed by atoms with Crippen molar-refractivity contribution in [2.45, 2.75) is 39.0 Å². The van der Waals surface area contributed by atoms with E-state index in [0.717, 1.165) is 19.3 Å². The SMILES string of the molecule is CCCNC(=O)C1CCCN(C(=O)C2CCN(S(N)(=O)=O)CC2)C1. The van der Waals surface area contributed by atoms with Crippen molar-refractivity contribution in [3.05, 3.63) is 0 Å². The smallest absolute Gasteiger partial charge is 0.276 e. The van der Waals surface area contributed by atoms with E-state index in [1.165, 1.54) is 4.31 Å². The highest BCUT2D eigenvalue weighted by Gasteiger charge is 2.34. The minimum absolute atomic E-state index is 0.0263. The molecule has 2 rings (SSSR count). The minimum Gasteiger partial charge on any atom is -0.356 e. The number of hydrogen-bond donors (Lipinski definition) is 2. The molecule has 2 heterocycles. The van der Waals surface area contributed by atoms with Gasteiger partial charge in [0.25, 0.3) is 10.2 Å². The fraction of sp³-hybridized carbons (Fsp3) is 0.867. The Bertz CT molecular complexity index is 558. The summed E-state index contributed by atoms with van der Waals surface area (Å²) in [5, 5.41) is 8.02. The molecule has 0 spiro atoms. The summed E-state index contributed by atoms with van der Waals surface area (Å²) in [6, 6.07) is 0. The van der Waals surface area contributed by atoms with Crippen LogP contribution in [0.3, 0.4) is 0 Å². The Morgan fingerprint density at radius 1 is 1.12 bits per heavy atom. The zero-order valence-electron chi connectivity index (χ0n) is 14.2. The Morgan fingerprint density at radius 2 is 1.79 bits per heavy atom. The Labute approximate surface area is 143 Å². The van der Waals surface area contributed by atoms with E-state index in [4.69, 9.17) is 5.14 Å². The largest absolute Gasteiger partial charge is 0.356 e. The monoisotopic (exact) mass is 360 g/mol. The Hall–Kier alpha value is -1.19. The maximum atomic E-state index is 12.7. The summed E-state index contributed by atoms with van der Waals surface area (Å²) in [5.74, 6) is -0.255. The van der Waals surface area contributed by atoms with Gasteiger partial charge in [0, 0.05) is 38.6 Å². The summed E-state index contributed by atoms with van der Waals surface area (Å²) in [6.07, 6.45) is 3.50. The number of amides is 2. The highest BCUT2D eigenvalue weighted by molar-refractivity contribution is 7.86. The van der Waals surface area contributed by atoms with Crippen molar-refractivity contribution >= 4 is 22.0 Å². The number of piperidine rings is 2. The highest BCUT2D eigenvalue weighted by Crippen LogP contribution is 2.24. The standard InChI is InChI=1S/C15H28N4O4S/c1-2-7-17-14(20)13-4-3-8-18(11-13)15(21)12-5-9-19(10-6-12)24(16,22)23/h12-13H,2-11H2,1H3,(H,17,20)(H2,16,22,23). The predicted molar refractivity (Wildman–Crippen MR) is 90.0 cm³/mol. The van der Waals surface area contributed by atoms with Gasteiger partial charge in [-0.25, -0.2) is 5.14 Å². The fourth-order valence-electron chi connectivity index (χ4n) is 3.40. The number of nitrogens with one attached hydrogen (secondary N) is 1. The summed E-state index contributed by atoms with van der Waals surface area (Å²) >= 11 is 0. The van der Waals surface area contributed by atoms with Gasteiger partial charge in [-0.15, -0.1) is 0 Å². The first kappa shape index (κ1) is 19.1. The van der Waals surface area contributed by atoms with Crippen molar-refractivity contribution in [2.75, 3.05) is 32.7 Å². The first-order valence-corrected chi connectivity index (χ1v) is 10.2. The molecule has 2 fully saturated rings. The summed E-state index contributed by atoms with van der Waals surface area (Å²) < 4.78 is 23.9. The number of carbonyl (C=O) groups is 2. The minimum atomic E-state index is -3.67. The molecule has 0 aromatic heterocycles. The molecule has 24 heavy (non-hydrogen) atoms. The molecule has 2 aliphatic rings. The lowest BCUT2D eigenvalue weighted by atomic mass is 9.92. The lowest BCUT2D eigenvalue weighted by Crippen LogP contribution is -2.50. The normalized spacial score (nSPS) is 23.9. The van der Waals surface area contributed by atoms with E-state index in [-0.39, 0.29) is 36.7 Å². The van der Waals surface area contributed by atoms with E-state index >= 15 is 0 Å². The van der Waals surface area contributed by atoms with Crippen molar-refractivity contribution in [1.82, 2.24) is 14.5 Å². The lowest BCUT2D eigenvalue weighted by Gasteiger charge is -2.36. The van der Waals surface area contributed by atoms with Crippen LogP contribution in [-0.2, 0) is 19.8 Å². The molecular formula is C15H28N4O4S. The van der Waals surface area contributed by atoms with Crippen LogP contribution in [0.4, 0.5) is 0 Å². The van der Waals surface area contributed by atoms with E-state index in [1.807, 2.05) is 6.92 Å². The molecule has 8 nitrogen and oxygen atoms in total. The van der Waals surface area contributed by atoms with Crippen molar-refractivity contribution in [2.24, 2.45) is 17.0 Å². The maximum absolute atomic E-state index is 12.7. The summed E-state index contributed by atoms with van der Waals surface area (Å²) in [7, 11) is -3.67. The lowest BCUT2D eigenvalue weighted by molar-refractivity contribution is -0.140. The van der Waals surface area contributed by atoms with Gasteiger partial charge in [0.1, 0.15) is 0 Å². The van der Waals surface area contributed by atoms with E-state index < -0.39 is 10.2 Å². The topological polar surface area (TPSA) is 113 Å². The van der Waals surface area contributed by atoms with Crippen LogP contribution in [0.2, 0.25) is 0 Å². The molecule has 2 aliphatic heterocycles. The van der Waals surface area contributed by atoms with Crippen LogP contribution in [0.25, 0.3) is 0 Å². The van der Waals surface area contributed by atoms with Crippen LogP contribution >= 0.6 is 0 Å². The Kier molecular flexibility index (Phi) is 6.59. The molecule has 9 heteroatoms. The molecule has 2 amide bonds. The van der Waals surface area contributed by atoms with Crippen LogP contribution in [0.5, 0.6) is 0 Å². The average molecular weight is 360 g/mol. The van der Waals surface area contributed by atoms with Gasteiger partial charge in [-0.3, -0.25) is 9.59 Å². The quantitative estimate of drug-likeness (QED) is 0.699. The van der Waals surface area contributed by atoms with Crippen molar-refractivity contribution in [3.63, 3.8) is 0 Å². The van der Waals surface area contributed by atoms with E-state index in [2.05, 4.69) is 5.32 Å². The molecule has 0 aromatic carbocycles. The third-order valence-electron chi connectivity index (χ3n) is 4.82.